The number of aromatic nitrogens is 2. The molecule has 1 aliphatic rings. The fraction of sp³-hybridized carbons (Fsp3) is 0.692. The molecule has 1 aromatic heterocycles. The van der Waals surface area contributed by atoms with Crippen LogP contribution in [0.3, 0.4) is 0 Å². The molecule has 7 heteroatoms. The fourth-order valence-corrected chi connectivity index (χ4v) is 2.28. The van der Waals surface area contributed by atoms with E-state index in [2.05, 4.69) is 15.3 Å². The molecular weight excluding hydrogens is 269 g/mol. The number of nitrogens with one attached hydrogen (secondary N) is 1. The average molecular weight is 288 g/mol. The minimum Gasteiger partial charge on any atom is -0.356 e. The van der Waals surface area contributed by atoms with Crippen LogP contribution in [0.25, 0.3) is 0 Å². The van der Waals surface area contributed by atoms with Crippen LogP contribution in [0.15, 0.2) is 12.3 Å². The van der Waals surface area contributed by atoms with E-state index < -0.39 is 12.1 Å². The van der Waals surface area contributed by atoms with Crippen LogP contribution in [-0.4, -0.2) is 35.8 Å². The summed E-state index contributed by atoms with van der Waals surface area (Å²) >= 11 is 0. The van der Waals surface area contributed by atoms with E-state index in [4.69, 9.17) is 0 Å². The van der Waals surface area contributed by atoms with Gasteiger partial charge in [-0.1, -0.05) is 6.92 Å². The maximum absolute atomic E-state index is 12.6. The van der Waals surface area contributed by atoms with E-state index in [9.17, 15) is 13.2 Å². The molecule has 1 N–H and O–H groups in total. The monoisotopic (exact) mass is 288 g/mol. The van der Waals surface area contributed by atoms with Crippen LogP contribution in [0.2, 0.25) is 0 Å². The lowest BCUT2D eigenvalue weighted by atomic mass is 9.96. The Morgan fingerprint density at radius 3 is 2.65 bits per heavy atom. The van der Waals surface area contributed by atoms with Crippen molar-refractivity contribution in [3.05, 3.63) is 12.3 Å². The van der Waals surface area contributed by atoms with Crippen molar-refractivity contribution >= 4 is 11.8 Å². The van der Waals surface area contributed by atoms with Crippen LogP contribution in [0, 0.1) is 5.92 Å². The van der Waals surface area contributed by atoms with Crippen LogP contribution in [0.4, 0.5) is 24.9 Å². The molecule has 2 heterocycles. The summed E-state index contributed by atoms with van der Waals surface area (Å²) in [6.45, 7) is 3.58. The molecule has 0 bridgehead atoms. The molecule has 0 radical (unpaired) electrons. The van der Waals surface area contributed by atoms with Gasteiger partial charge < -0.3 is 10.2 Å². The zero-order valence-corrected chi connectivity index (χ0v) is 11.5. The largest absolute Gasteiger partial charge is 0.391 e. The fourth-order valence-electron chi connectivity index (χ4n) is 2.28. The molecule has 20 heavy (non-hydrogen) atoms. The highest BCUT2D eigenvalue weighted by atomic mass is 19.4. The third kappa shape index (κ3) is 3.74. The highest BCUT2D eigenvalue weighted by Gasteiger charge is 2.41. The topological polar surface area (TPSA) is 41.1 Å². The zero-order valence-electron chi connectivity index (χ0n) is 11.5. The second-order valence-electron chi connectivity index (χ2n) is 4.97. The van der Waals surface area contributed by atoms with Gasteiger partial charge in [0.1, 0.15) is 5.82 Å². The molecule has 4 nitrogen and oxygen atoms in total. The summed E-state index contributed by atoms with van der Waals surface area (Å²) in [7, 11) is 0. The molecule has 0 amide bonds. The smallest absolute Gasteiger partial charge is 0.356 e. The van der Waals surface area contributed by atoms with E-state index in [0.717, 1.165) is 13.0 Å². The van der Waals surface area contributed by atoms with E-state index in [1.54, 1.807) is 12.3 Å². The van der Waals surface area contributed by atoms with Crippen molar-refractivity contribution in [3.8, 4) is 0 Å². The van der Waals surface area contributed by atoms with Gasteiger partial charge in [-0.3, -0.25) is 0 Å². The van der Waals surface area contributed by atoms with Crippen molar-refractivity contribution < 1.29 is 13.2 Å². The third-order valence-corrected chi connectivity index (χ3v) is 3.46. The molecule has 0 unspecified atom stereocenters. The predicted octanol–water partition coefficient (Wildman–Crippen LogP) is 3.08. The summed E-state index contributed by atoms with van der Waals surface area (Å²) in [5, 5.41) is 3.08. The Balaban J connectivity index is 1.96. The van der Waals surface area contributed by atoms with Crippen LogP contribution >= 0.6 is 0 Å². The molecule has 1 aliphatic heterocycles. The number of alkyl halides is 3. The SMILES string of the molecule is CCCNc1nccc(N2CCC(C(F)(F)F)CC2)n1. The molecule has 1 fully saturated rings. The zero-order chi connectivity index (χ0) is 14.6. The lowest BCUT2D eigenvalue weighted by Crippen LogP contribution is -2.39. The number of piperidine rings is 1. The second kappa shape index (κ2) is 6.28. The van der Waals surface area contributed by atoms with Gasteiger partial charge in [-0.25, -0.2) is 4.98 Å². The van der Waals surface area contributed by atoms with Crippen molar-refractivity contribution in [3.63, 3.8) is 0 Å². The quantitative estimate of drug-likeness (QED) is 0.924. The predicted molar refractivity (Wildman–Crippen MR) is 71.8 cm³/mol. The average Bonchev–Trinajstić information content (AvgIpc) is 2.45. The highest BCUT2D eigenvalue weighted by Crippen LogP contribution is 2.35. The number of hydrogen-bond acceptors (Lipinski definition) is 4. The Hall–Kier alpha value is -1.53. The number of hydrogen-bond donors (Lipinski definition) is 1. The van der Waals surface area contributed by atoms with Gasteiger partial charge in [0.05, 0.1) is 5.92 Å². The molecule has 2 rings (SSSR count). The van der Waals surface area contributed by atoms with E-state index in [1.807, 2.05) is 11.8 Å². The maximum atomic E-state index is 12.6. The van der Waals surface area contributed by atoms with Gasteiger partial charge in [0.2, 0.25) is 5.95 Å². The minimum atomic E-state index is -4.08. The number of nitrogens with zero attached hydrogens (tertiary/aromatic N) is 3. The molecule has 112 valence electrons. The van der Waals surface area contributed by atoms with E-state index in [0.29, 0.717) is 24.9 Å². The first-order chi connectivity index (χ1) is 9.50. The summed E-state index contributed by atoms with van der Waals surface area (Å²) in [4.78, 5) is 10.3. The van der Waals surface area contributed by atoms with Crippen LogP contribution in [0.5, 0.6) is 0 Å². The van der Waals surface area contributed by atoms with Crippen LogP contribution < -0.4 is 10.2 Å². The standard InChI is InChI=1S/C13H19F3N4/c1-2-6-17-12-18-7-3-11(19-12)20-8-4-10(5-9-20)13(14,15)16/h3,7,10H,2,4-6,8-9H2,1H3,(H,17,18,19). The Kier molecular flexibility index (Phi) is 4.67. The van der Waals surface area contributed by atoms with Crippen molar-refractivity contribution in [2.24, 2.45) is 5.92 Å². The molecule has 1 saturated heterocycles. The maximum Gasteiger partial charge on any atom is 0.391 e. The van der Waals surface area contributed by atoms with Crippen molar-refractivity contribution in [1.82, 2.24) is 9.97 Å². The van der Waals surface area contributed by atoms with Crippen molar-refractivity contribution in [2.75, 3.05) is 29.9 Å². The number of rotatable bonds is 4. The lowest BCUT2D eigenvalue weighted by Gasteiger charge is -2.33. The summed E-state index contributed by atoms with van der Waals surface area (Å²) in [5.41, 5.74) is 0. The molecule has 0 aliphatic carbocycles. The Morgan fingerprint density at radius 2 is 2.05 bits per heavy atom. The second-order valence-corrected chi connectivity index (χ2v) is 4.97. The number of anilines is 2. The summed E-state index contributed by atoms with van der Waals surface area (Å²) in [6, 6.07) is 1.74. The first kappa shape index (κ1) is 14.9. The molecule has 0 aromatic carbocycles. The van der Waals surface area contributed by atoms with Gasteiger partial charge in [0.15, 0.2) is 0 Å². The molecular formula is C13H19F3N4. The molecule has 0 atom stereocenters. The van der Waals surface area contributed by atoms with Crippen LogP contribution in [0.1, 0.15) is 26.2 Å². The minimum absolute atomic E-state index is 0.130. The normalized spacial score (nSPS) is 17.3. The molecule has 0 saturated carbocycles. The Morgan fingerprint density at radius 1 is 1.35 bits per heavy atom. The third-order valence-electron chi connectivity index (χ3n) is 3.46. The van der Waals surface area contributed by atoms with Gasteiger partial charge >= 0.3 is 6.18 Å². The van der Waals surface area contributed by atoms with E-state index in [-0.39, 0.29) is 12.8 Å². The van der Waals surface area contributed by atoms with Gasteiger partial charge in [0, 0.05) is 25.8 Å². The van der Waals surface area contributed by atoms with Gasteiger partial charge in [-0.15, -0.1) is 0 Å². The number of halogens is 3. The van der Waals surface area contributed by atoms with Crippen LogP contribution in [-0.2, 0) is 0 Å². The van der Waals surface area contributed by atoms with Crippen molar-refractivity contribution in [2.45, 2.75) is 32.4 Å². The van der Waals surface area contributed by atoms with E-state index in [1.165, 1.54) is 0 Å². The first-order valence-corrected chi connectivity index (χ1v) is 6.89. The van der Waals surface area contributed by atoms with E-state index >= 15 is 0 Å². The molecule has 0 spiro atoms. The summed E-state index contributed by atoms with van der Waals surface area (Å²) in [6.07, 6.45) is -1.22. The van der Waals surface area contributed by atoms with Gasteiger partial charge in [0.25, 0.3) is 0 Å². The summed E-state index contributed by atoms with van der Waals surface area (Å²) < 4.78 is 37.9. The Labute approximate surface area is 116 Å². The first-order valence-electron chi connectivity index (χ1n) is 6.89. The molecule has 1 aromatic rings. The summed E-state index contributed by atoms with van der Waals surface area (Å²) in [5.74, 6) is 0.0415. The van der Waals surface area contributed by atoms with Gasteiger partial charge in [-0.2, -0.15) is 18.2 Å². The van der Waals surface area contributed by atoms with Gasteiger partial charge in [-0.05, 0) is 25.3 Å². The Bertz CT molecular complexity index is 428. The van der Waals surface area contributed by atoms with Crippen molar-refractivity contribution in [1.29, 1.82) is 0 Å². The lowest BCUT2D eigenvalue weighted by molar-refractivity contribution is -0.179. The highest BCUT2D eigenvalue weighted by molar-refractivity contribution is 5.42.